The molecule has 3 heterocycles. The van der Waals surface area contributed by atoms with Crippen LogP contribution in [0.15, 0.2) is 48.9 Å². The molecule has 1 aliphatic heterocycles. The number of ether oxygens (including phenoxy) is 2. The summed E-state index contributed by atoms with van der Waals surface area (Å²) in [6, 6.07) is 10.8. The molecule has 8 nitrogen and oxygen atoms in total. The zero-order chi connectivity index (χ0) is 24.5. The third kappa shape index (κ3) is 4.53. The molecule has 0 amide bonds. The quantitative estimate of drug-likeness (QED) is 0.413. The summed E-state index contributed by atoms with van der Waals surface area (Å²) in [5, 5.41) is 4.27. The van der Waals surface area contributed by atoms with Crippen molar-refractivity contribution in [2.75, 3.05) is 32.2 Å². The van der Waals surface area contributed by atoms with Crippen molar-refractivity contribution in [3.63, 3.8) is 0 Å². The minimum Gasteiger partial charge on any atom is -0.497 e. The number of benzene rings is 2. The van der Waals surface area contributed by atoms with Gasteiger partial charge in [0.25, 0.3) is 0 Å². The summed E-state index contributed by atoms with van der Waals surface area (Å²) in [4.78, 5) is 14.4. The van der Waals surface area contributed by atoms with Gasteiger partial charge in [-0.3, -0.25) is 14.6 Å². The van der Waals surface area contributed by atoms with Crippen molar-refractivity contribution in [2.45, 2.75) is 32.9 Å². The van der Waals surface area contributed by atoms with Crippen molar-refractivity contribution in [1.29, 1.82) is 0 Å². The van der Waals surface area contributed by atoms with E-state index in [-0.39, 0.29) is 0 Å². The third-order valence-corrected chi connectivity index (χ3v) is 6.66. The molecule has 0 atom stereocenters. The second-order valence-corrected chi connectivity index (χ2v) is 9.23. The van der Waals surface area contributed by atoms with Crippen LogP contribution in [-0.2, 0) is 13.6 Å². The lowest BCUT2D eigenvalue weighted by Gasteiger charge is -2.36. The van der Waals surface area contributed by atoms with Gasteiger partial charge in [-0.2, -0.15) is 5.10 Å². The van der Waals surface area contributed by atoms with E-state index in [9.17, 15) is 0 Å². The van der Waals surface area contributed by atoms with Crippen LogP contribution in [0.2, 0.25) is 0 Å². The maximum atomic E-state index is 5.84. The van der Waals surface area contributed by atoms with Gasteiger partial charge in [0.1, 0.15) is 11.5 Å². The molecule has 0 N–H and O–H groups in total. The van der Waals surface area contributed by atoms with E-state index in [2.05, 4.69) is 51.9 Å². The van der Waals surface area contributed by atoms with E-state index in [4.69, 9.17) is 14.5 Å². The molecule has 0 aliphatic carbocycles. The third-order valence-electron chi connectivity index (χ3n) is 6.66. The summed E-state index contributed by atoms with van der Waals surface area (Å²) in [6.45, 7) is 7.19. The van der Waals surface area contributed by atoms with Crippen molar-refractivity contribution in [3.05, 3.63) is 54.5 Å². The van der Waals surface area contributed by atoms with Crippen LogP contribution in [0.1, 0.15) is 25.8 Å². The van der Waals surface area contributed by atoms with Crippen LogP contribution >= 0.6 is 0 Å². The summed E-state index contributed by atoms with van der Waals surface area (Å²) in [6.07, 6.45) is 6.61. The lowest BCUT2D eigenvalue weighted by molar-refractivity contribution is 0.206. The van der Waals surface area contributed by atoms with Crippen molar-refractivity contribution < 1.29 is 9.47 Å². The summed E-state index contributed by atoms with van der Waals surface area (Å²) >= 11 is 0. The highest BCUT2D eigenvalue weighted by Gasteiger charge is 2.25. The number of rotatable bonds is 5. The van der Waals surface area contributed by atoms with Gasteiger partial charge in [0, 0.05) is 67.9 Å². The van der Waals surface area contributed by atoms with Gasteiger partial charge >= 0.3 is 0 Å². The Labute approximate surface area is 206 Å². The molecule has 5 rings (SSSR count). The fraction of sp³-hybridized carbons (Fsp3) is 0.370. The van der Waals surface area contributed by atoms with Gasteiger partial charge in [-0.25, -0.2) is 4.98 Å². The Morgan fingerprint density at radius 3 is 2.54 bits per heavy atom. The molecule has 0 unspecified atom stereocenters. The normalized spacial score (nSPS) is 14.6. The highest BCUT2D eigenvalue weighted by molar-refractivity contribution is 5.83. The van der Waals surface area contributed by atoms with Crippen molar-refractivity contribution in [1.82, 2.24) is 24.6 Å². The number of aromatic nitrogens is 4. The van der Waals surface area contributed by atoms with Crippen LogP contribution in [0.25, 0.3) is 22.3 Å². The van der Waals surface area contributed by atoms with Crippen LogP contribution in [0, 0.1) is 0 Å². The molecule has 0 bridgehead atoms. The first-order valence-corrected chi connectivity index (χ1v) is 12.0. The summed E-state index contributed by atoms with van der Waals surface area (Å²) in [5.41, 5.74) is 6.82. The van der Waals surface area contributed by atoms with E-state index in [0.29, 0.717) is 6.04 Å². The minimum atomic E-state index is 0.447. The first kappa shape index (κ1) is 23.1. The second-order valence-electron chi connectivity index (χ2n) is 9.23. The van der Waals surface area contributed by atoms with Crippen LogP contribution < -0.4 is 14.4 Å². The number of anilines is 2. The Morgan fingerprint density at radius 2 is 1.83 bits per heavy atom. The van der Waals surface area contributed by atoms with Gasteiger partial charge in [-0.15, -0.1) is 0 Å². The Bertz CT molecular complexity index is 1350. The molecule has 2 aromatic carbocycles. The monoisotopic (exact) mass is 472 g/mol. The predicted molar refractivity (Wildman–Crippen MR) is 138 cm³/mol. The molecule has 4 aromatic rings. The molecular formula is C27H32N6O2. The fourth-order valence-corrected chi connectivity index (χ4v) is 4.71. The number of methoxy groups -OCH3 is 2. The Hall–Kier alpha value is -3.65. The predicted octanol–water partition coefficient (Wildman–Crippen LogP) is 4.80. The van der Waals surface area contributed by atoms with Crippen LogP contribution in [0.3, 0.4) is 0 Å². The number of aryl methyl sites for hydroxylation is 1. The molecule has 0 saturated heterocycles. The Balaban J connectivity index is 1.62. The first-order valence-electron chi connectivity index (χ1n) is 12.0. The lowest BCUT2D eigenvalue weighted by Crippen LogP contribution is -2.36. The fourth-order valence-electron chi connectivity index (χ4n) is 4.71. The Kier molecular flexibility index (Phi) is 6.30. The number of fused-ring (bicyclic) bond motifs is 2. The maximum Gasteiger partial charge on any atom is 0.129 e. The number of nitrogens with zero attached hydrogens (tertiary/aromatic N) is 6. The topological polar surface area (TPSA) is 68.5 Å². The first-order chi connectivity index (χ1) is 17.0. The molecule has 0 saturated carbocycles. The summed E-state index contributed by atoms with van der Waals surface area (Å²) in [5.74, 6) is 1.62. The van der Waals surface area contributed by atoms with Crippen molar-refractivity contribution in [2.24, 2.45) is 7.05 Å². The molecule has 0 radical (unpaired) electrons. The van der Waals surface area contributed by atoms with Crippen molar-refractivity contribution >= 4 is 22.4 Å². The van der Waals surface area contributed by atoms with Gasteiger partial charge in [-0.1, -0.05) is 0 Å². The van der Waals surface area contributed by atoms with E-state index in [1.807, 2.05) is 31.6 Å². The second kappa shape index (κ2) is 9.54. The van der Waals surface area contributed by atoms with E-state index < -0.39 is 0 Å². The van der Waals surface area contributed by atoms with E-state index in [0.717, 1.165) is 76.8 Å². The van der Waals surface area contributed by atoms with E-state index in [1.165, 1.54) is 0 Å². The highest BCUT2D eigenvalue weighted by atomic mass is 16.5. The van der Waals surface area contributed by atoms with E-state index >= 15 is 0 Å². The van der Waals surface area contributed by atoms with Crippen molar-refractivity contribution in [3.8, 4) is 22.8 Å². The SMILES string of the molecule is COc1cc(OC)c2c(c1)N(c1ccc3ncc(-c4cnn(C)c4)nc3c1)CCCN(C(C)C)C2. The molecule has 0 spiro atoms. The Morgan fingerprint density at radius 1 is 0.971 bits per heavy atom. The average molecular weight is 473 g/mol. The van der Waals surface area contributed by atoms with E-state index in [1.54, 1.807) is 25.1 Å². The highest BCUT2D eigenvalue weighted by Crippen LogP contribution is 2.40. The largest absolute Gasteiger partial charge is 0.497 e. The minimum absolute atomic E-state index is 0.447. The standard InChI is InChI=1S/C27H32N6O2/c1-18(2)32-9-6-10-33(26-12-21(34-4)13-27(35-5)22(26)17-32)20-7-8-23-24(11-20)30-25(15-28-23)19-14-29-31(3)16-19/h7-8,11-16,18H,6,9-10,17H2,1-5H3. The summed E-state index contributed by atoms with van der Waals surface area (Å²) in [7, 11) is 5.32. The number of hydrogen-bond donors (Lipinski definition) is 0. The number of hydrogen-bond acceptors (Lipinski definition) is 7. The van der Waals surface area contributed by atoms with Crippen LogP contribution in [0.4, 0.5) is 11.4 Å². The zero-order valence-corrected chi connectivity index (χ0v) is 21.0. The van der Waals surface area contributed by atoms with Gasteiger partial charge in [0.2, 0.25) is 0 Å². The lowest BCUT2D eigenvalue weighted by atomic mass is 10.0. The van der Waals surface area contributed by atoms with Crippen LogP contribution in [0.5, 0.6) is 11.5 Å². The zero-order valence-electron chi connectivity index (χ0n) is 21.0. The van der Waals surface area contributed by atoms with Gasteiger partial charge in [0.15, 0.2) is 0 Å². The molecule has 182 valence electrons. The smallest absolute Gasteiger partial charge is 0.129 e. The molecular weight excluding hydrogens is 440 g/mol. The average Bonchev–Trinajstić information content (AvgIpc) is 3.29. The maximum absolute atomic E-state index is 5.84. The van der Waals surface area contributed by atoms with Gasteiger partial charge < -0.3 is 14.4 Å². The molecule has 2 aromatic heterocycles. The van der Waals surface area contributed by atoms with Gasteiger partial charge in [-0.05, 0) is 38.5 Å². The van der Waals surface area contributed by atoms with Gasteiger partial charge in [0.05, 0.1) is 49.0 Å². The molecule has 35 heavy (non-hydrogen) atoms. The molecule has 8 heteroatoms. The molecule has 0 fully saturated rings. The summed E-state index contributed by atoms with van der Waals surface area (Å²) < 4.78 is 13.3. The van der Waals surface area contributed by atoms with Crippen LogP contribution in [-0.4, -0.2) is 58.0 Å². The molecule has 1 aliphatic rings.